The van der Waals surface area contributed by atoms with Crippen LogP contribution in [0.25, 0.3) is 0 Å². The van der Waals surface area contributed by atoms with Crippen LogP contribution in [0.3, 0.4) is 0 Å². The summed E-state index contributed by atoms with van der Waals surface area (Å²) in [7, 11) is 0. The second kappa shape index (κ2) is 7.70. The van der Waals surface area contributed by atoms with Crippen molar-refractivity contribution in [1.29, 1.82) is 0 Å². The van der Waals surface area contributed by atoms with E-state index in [0.29, 0.717) is 12.0 Å². The number of hydrogen-bond acceptors (Lipinski definition) is 2. The van der Waals surface area contributed by atoms with Gasteiger partial charge in [0.05, 0.1) is 0 Å². The lowest BCUT2D eigenvalue weighted by molar-refractivity contribution is -0.274. The highest BCUT2D eigenvalue weighted by atomic mass is 35.5. The molecule has 4 fully saturated rings. The molecule has 2 aromatic rings. The maximum Gasteiger partial charge on any atom is 0.573 e. The minimum atomic E-state index is -4.65. The molecular formula is C25H27ClF3NO. The summed E-state index contributed by atoms with van der Waals surface area (Å²) in [4.78, 5) is 0. The maximum atomic E-state index is 12.3. The topological polar surface area (TPSA) is 21.3 Å². The smallest absolute Gasteiger partial charge is 0.406 e. The molecule has 2 aromatic carbocycles. The molecule has 0 heterocycles. The molecule has 4 aliphatic carbocycles. The zero-order valence-corrected chi connectivity index (χ0v) is 18.1. The van der Waals surface area contributed by atoms with Crippen molar-refractivity contribution in [3.05, 3.63) is 64.7 Å². The van der Waals surface area contributed by atoms with Crippen molar-refractivity contribution in [3.8, 4) is 5.75 Å². The van der Waals surface area contributed by atoms with Gasteiger partial charge in [0.1, 0.15) is 5.75 Å². The Labute approximate surface area is 186 Å². The lowest BCUT2D eigenvalue weighted by atomic mass is 9.43. The van der Waals surface area contributed by atoms with Gasteiger partial charge in [0.2, 0.25) is 0 Å². The van der Waals surface area contributed by atoms with Gasteiger partial charge in [-0.2, -0.15) is 0 Å². The van der Waals surface area contributed by atoms with Crippen LogP contribution in [0.15, 0.2) is 48.5 Å². The molecule has 0 spiro atoms. The van der Waals surface area contributed by atoms with Gasteiger partial charge in [-0.05, 0) is 96.6 Å². The van der Waals surface area contributed by atoms with Gasteiger partial charge in [-0.3, -0.25) is 0 Å². The van der Waals surface area contributed by atoms with Gasteiger partial charge in [-0.1, -0.05) is 35.9 Å². The zero-order valence-electron chi connectivity index (χ0n) is 17.4. The fourth-order valence-corrected chi connectivity index (χ4v) is 7.21. The summed E-state index contributed by atoms with van der Waals surface area (Å²) in [5, 5.41) is 4.41. The third kappa shape index (κ3) is 4.45. The van der Waals surface area contributed by atoms with E-state index >= 15 is 0 Å². The average molecular weight is 450 g/mol. The van der Waals surface area contributed by atoms with E-state index in [0.717, 1.165) is 29.0 Å². The predicted molar refractivity (Wildman–Crippen MR) is 115 cm³/mol. The number of halogens is 4. The van der Waals surface area contributed by atoms with Crippen molar-refractivity contribution in [2.24, 2.45) is 17.3 Å². The normalized spacial score (nSPS) is 31.7. The average Bonchev–Trinajstić information content (AvgIpc) is 2.67. The molecule has 0 saturated heterocycles. The number of hydrogen-bond donors (Lipinski definition) is 1. The van der Waals surface area contributed by atoms with E-state index in [9.17, 15) is 13.2 Å². The molecule has 6 rings (SSSR count). The summed E-state index contributed by atoms with van der Waals surface area (Å²) in [5.41, 5.74) is 2.98. The largest absolute Gasteiger partial charge is 0.573 e. The number of alkyl halides is 3. The molecule has 6 heteroatoms. The molecule has 1 N–H and O–H groups in total. The number of nitrogens with one attached hydrogen (secondary N) is 1. The van der Waals surface area contributed by atoms with E-state index in [-0.39, 0.29) is 11.2 Å². The van der Waals surface area contributed by atoms with E-state index in [1.54, 1.807) is 12.1 Å². The summed E-state index contributed by atoms with van der Waals surface area (Å²) in [5.74, 6) is 1.40. The fourth-order valence-electron chi connectivity index (χ4n) is 7.08. The molecule has 31 heavy (non-hydrogen) atoms. The number of rotatable bonds is 6. The van der Waals surface area contributed by atoms with Gasteiger partial charge in [0.25, 0.3) is 0 Å². The molecule has 0 aromatic heterocycles. The molecule has 0 radical (unpaired) electrons. The lowest BCUT2D eigenvalue weighted by Crippen LogP contribution is -2.56. The van der Waals surface area contributed by atoms with Gasteiger partial charge in [0.15, 0.2) is 0 Å². The monoisotopic (exact) mass is 449 g/mol. The van der Waals surface area contributed by atoms with E-state index in [1.807, 2.05) is 12.1 Å². The van der Waals surface area contributed by atoms with Gasteiger partial charge in [0, 0.05) is 18.1 Å². The molecular weight excluding hydrogens is 423 g/mol. The van der Waals surface area contributed by atoms with Gasteiger partial charge < -0.3 is 10.1 Å². The first-order chi connectivity index (χ1) is 14.7. The quantitative estimate of drug-likeness (QED) is 0.519. The third-order valence-electron chi connectivity index (χ3n) is 7.62. The highest BCUT2D eigenvalue weighted by molar-refractivity contribution is 6.30. The molecule has 166 valence electrons. The van der Waals surface area contributed by atoms with E-state index in [4.69, 9.17) is 11.6 Å². The highest BCUT2D eigenvalue weighted by Gasteiger charge is 2.57. The Morgan fingerprint density at radius 1 is 0.935 bits per heavy atom. The summed E-state index contributed by atoms with van der Waals surface area (Å²) in [6, 6.07) is 14.6. The molecule has 4 bridgehead atoms. The van der Waals surface area contributed by atoms with Gasteiger partial charge in [-0.25, -0.2) is 0 Å². The van der Waals surface area contributed by atoms with Gasteiger partial charge in [-0.15, -0.1) is 13.2 Å². The standard InChI is InChI=1S/C25H27ClF3NO/c26-21-5-3-20(4-6-21)24-12-18-9-19(13-24)11-23(10-18,15-24)16-30-14-17-1-7-22(8-2-17)31-25(27,28)29/h1-8,18-19,30H,9-16H2. The van der Waals surface area contributed by atoms with Crippen molar-refractivity contribution in [2.45, 2.75) is 56.8 Å². The van der Waals surface area contributed by atoms with E-state index < -0.39 is 6.36 Å². The Morgan fingerprint density at radius 3 is 2.19 bits per heavy atom. The first kappa shape index (κ1) is 21.1. The van der Waals surface area contributed by atoms with Crippen LogP contribution < -0.4 is 10.1 Å². The molecule has 2 nitrogen and oxygen atoms in total. The maximum absolute atomic E-state index is 12.3. The molecule has 2 unspecified atom stereocenters. The second-order valence-electron chi connectivity index (χ2n) is 10.0. The SMILES string of the molecule is FC(F)(F)Oc1ccc(CNCC23CC4CC(C2)CC(c2ccc(Cl)cc2)(C4)C3)cc1. The van der Waals surface area contributed by atoms with Crippen LogP contribution in [0, 0.1) is 17.3 Å². The van der Waals surface area contributed by atoms with Crippen molar-refractivity contribution >= 4 is 11.6 Å². The molecule has 2 atom stereocenters. The van der Waals surface area contributed by atoms with E-state index in [1.165, 1.54) is 56.2 Å². The third-order valence-corrected chi connectivity index (χ3v) is 7.88. The fraction of sp³-hybridized carbons (Fsp3) is 0.520. The molecule has 0 aliphatic heterocycles. The zero-order chi connectivity index (χ0) is 21.7. The van der Waals surface area contributed by atoms with Crippen molar-refractivity contribution in [1.82, 2.24) is 5.32 Å². The Kier molecular flexibility index (Phi) is 5.25. The number of ether oxygens (including phenoxy) is 1. The van der Waals surface area contributed by atoms with Crippen molar-refractivity contribution < 1.29 is 17.9 Å². The van der Waals surface area contributed by atoms with Gasteiger partial charge >= 0.3 is 6.36 Å². The Hall–Kier alpha value is -1.72. The Balaban J connectivity index is 1.25. The minimum Gasteiger partial charge on any atom is -0.406 e. The molecule has 4 saturated carbocycles. The first-order valence-electron chi connectivity index (χ1n) is 11.0. The highest BCUT2D eigenvalue weighted by Crippen LogP contribution is 2.65. The summed E-state index contributed by atoms with van der Waals surface area (Å²) >= 11 is 6.14. The van der Waals surface area contributed by atoms with Crippen LogP contribution in [0.2, 0.25) is 5.02 Å². The second-order valence-corrected chi connectivity index (χ2v) is 10.5. The van der Waals surface area contributed by atoms with Crippen LogP contribution in [-0.2, 0) is 12.0 Å². The molecule has 0 amide bonds. The minimum absolute atomic E-state index is 0.178. The summed E-state index contributed by atoms with van der Waals surface area (Å²) < 4.78 is 41.0. The van der Waals surface area contributed by atoms with E-state index in [2.05, 4.69) is 22.2 Å². The Bertz CT molecular complexity index is 911. The van der Waals surface area contributed by atoms with Crippen LogP contribution in [0.1, 0.15) is 49.7 Å². The van der Waals surface area contributed by atoms with Crippen LogP contribution in [-0.4, -0.2) is 12.9 Å². The van der Waals surface area contributed by atoms with Crippen LogP contribution >= 0.6 is 11.6 Å². The Morgan fingerprint density at radius 2 is 1.58 bits per heavy atom. The predicted octanol–water partition coefficient (Wildman–Crippen LogP) is 6.87. The van der Waals surface area contributed by atoms with Crippen LogP contribution in [0.5, 0.6) is 5.75 Å². The first-order valence-corrected chi connectivity index (χ1v) is 11.4. The van der Waals surface area contributed by atoms with Crippen molar-refractivity contribution in [2.75, 3.05) is 6.54 Å². The number of benzene rings is 2. The van der Waals surface area contributed by atoms with Crippen molar-refractivity contribution in [3.63, 3.8) is 0 Å². The lowest BCUT2D eigenvalue weighted by Gasteiger charge is -2.62. The molecule has 4 aliphatic rings. The van der Waals surface area contributed by atoms with Crippen LogP contribution in [0.4, 0.5) is 13.2 Å². The summed E-state index contributed by atoms with van der Waals surface area (Å²) in [6.07, 6.45) is 3.05. The summed E-state index contributed by atoms with van der Waals surface area (Å²) in [6.45, 7) is 1.60.